The highest BCUT2D eigenvalue weighted by Crippen LogP contribution is 2.00. The van der Waals surface area contributed by atoms with Gasteiger partial charge in [-0.15, -0.1) is 0 Å². The number of hydrogen-bond donors (Lipinski definition) is 1. The Morgan fingerprint density at radius 1 is 1.06 bits per heavy atom. The summed E-state index contributed by atoms with van der Waals surface area (Å²) in [5.41, 5.74) is 0. The van der Waals surface area contributed by atoms with Gasteiger partial charge in [0.2, 0.25) is 0 Å². The van der Waals surface area contributed by atoms with E-state index in [2.05, 4.69) is 12.2 Å². The first kappa shape index (κ1) is 16.3. The molecule has 0 unspecified atom stereocenters. The largest absolute Gasteiger partial charge is 0.316 e. The number of nitrogens with one attached hydrogen (secondary N) is 1. The fourth-order valence-electron chi connectivity index (χ4n) is 1.26. The molecule has 0 spiro atoms. The molecule has 0 saturated heterocycles. The molecule has 0 heterocycles. The summed E-state index contributed by atoms with van der Waals surface area (Å²) in [7, 11) is -2.77. The van der Waals surface area contributed by atoms with E-state index in [0.29, 0.717) is 5.75 Å². The summed E-state index contributed by atoms with van der Waals surface area (Å²) in [5.74, 6) is 2.02. The van der Waals surface area contributed by atoms with E-state index in [4.69, 9.17) is 0 Å². The molecule has 0 aliphatic rings. The van der Waals surface area contributed by atoms with Crippen LogP contribution in [0.15, 0.2) is 0 Å². The van der Waals surface area contributed by atoms with E-state index in [1.165, 1.54) is 31.9 Å². The number of thioether (sulfide) groups is 1. The van der Waals surface area contributed by atoms with Gasteiger partial charge in [-0.05, 0) is 13.0 Å². The van der Waals surface area contributed by atoms with Crippen molar-refractivity contribution in [2.45, 2.75) is 32.6 Å². The van der Waals surface area contributed by atoms with E-state index in [9.17, 15) is 8.42 Å². The number of rotatable bonds is 11. The zero-order chi connectivity index (χ0) is 12.3. The molecular formula is C11H25NO2S2. The second-order valence-corrected chi connectivity index (χ2v) is 7.54. The third-order valence-electron chi connectivity index (χ3n) is 2.23. The third-order valence-corrected chi connectivity index (χ3v) is 4.42. The summed E-state index contributed by atoms with van der Waals surface area (Å²) in [6.07, 6.45) is 6.46. The summed E-state index contributed by atoms with van der Waals surface area (Å²) >= 11 is 1.71. The highest BCUT2D eigenvalue weighted by atomic mass is 32.2. The van der Waals surface area contributed by atoms with Gasteiger partial charge in [0.05, 0.1) is 5.75 Å². The molecule has 0 atom stereocenters. The lowest BCUT2D eigenvalue weighted by atomic mass is 10.2. The molecule has 0 aliphatic carbocycles. The maximum Gasteiger partial charge on any atom is 0.148 e. The Kier molecular flexibility index (Phi) is 10.6. The molecule has 5 heteroatoms. The molecule has 1 N–H and O–H groups in total. The molecule has 0 radical (unpaired) electrons. The molecule has 0 fully saturated rings. The van der Waals surface area contributed by atoms with Crippen LogP contribution in [0.3, 0.4) is 0 Å². The SMILES string of the molecule is CCCCCCNCCSCCS(C)(=O)=O. The maximum absolute atomic E-state index is 10.8. The maximum atomic E-state index is 10.8. The van der Waals surface area contributed by atoms with E-state index < -0.39 is 9.84 Å². The molecule has 3 nitrogen and oxygen atoms in total. The van der Waals surface area contributed by atoms with Gasteiger partial charge >= 0.3 is 0 Å². The predicted octanol–water partition coefficient (Wildman–Crippen LogP) is 1.93. The Morgan fingerprint density at radius 3 is 2.44 bits per heavy atom. The summed E-state index contributed by atoms with van der Waals surface area (Å²) < 4.78 is 21.7. The molecule has 0 amide bonds. The molecule has 0 aromatic carbocycles. The van der Waals surface area contributed by atoms with Crippen molar-refractivity contribution in [3.05, 3.63) is 0 Å². The zero-order valence-corrected chi connectivity index (χ0v) is 12.1. The van der Waals surface area contributed by atoms with Gasteiger partial charge in [-0.25, -0.2) is 8.42 Å². The van der Waals surface area contributed by atoms with Gasteiger partial charge in [-0.1, -0.05) is 26.2 Å². The monoisotopic (exact) mass is 267 g/mol. The Balaban J connectivity index is 3.05. The molecule has 0 aromatic heterocycles. The van der Waals surface area contributed by atoms with Crippen LogP contribution in [0.25, 0.3) is 0 Å². The average molecular weight is 267 g/mol. The molecule has 98 valence electrons. The molecular weight excluding hydrogens is 242 g/mol. The van der Waals surface area contributed by atoms with E-state index in [0.717, 1.165) is 24.6 Å². The second-order valence-electron chi connectivity index (χ2n) is 4.05. The van der Waals surface area contributed by atoms with E-state index in [1.54, 1.807) is 11.8 Å². The van der Waals surface area contributed by atoms with Crippen molar-refractivity contribution in [3.8, 4) is 0 Å². The quantitative estimate of drug-likeness (QED) is 0.581. The first-order valence-electron chi connectivity index (χ1n) is 6.02. The Morgan fingerprint density at radius 2 is 1.81 bits per heavy atom. The van der Waals surface area contributed by atoms with Gasteiger partial charge in [0.25, 0.3) is 0 Å². The first-order valence-corrected chi connectivity index (χ1v) is 9.24. The average Bonchev–Trinajstić information content (AvgIpc) is 2.19. The molecule has 16 heavy (non-hydrogen) atoms. The summed E-state index contributed by atoms with van der Waals surface area (Å²) in [6.45, 7) is 4.29. The van der Waals surface area contributed by atoms with Gasteiger partial charge in [0.1, 0.15) is 9.84 Å². The van der Waals surface area contributed by atoms with Crippen LogP contribution in [0.1, 0.15) is 32.6 Å². The van der Waals surface area contributed by atoms with Gasteiger partial charge in [-0.3, -0.25) is 0 Å². The number of hydrogen-bond acceptors (Lipinski definition) is 4. The molecule has 0 rings (SSSR count). The van der Waals surface area contributed by atoms with Crippen LogP contribution in [-0.2, 0) is 9.84 Å². The highest BCUT2D eigenvalue weighted by molar-refractivity contribution is 8.00. The van der Waals surface area contributed by atoms with Crippen LogP contribution in [0.5, 0.6) is 0 Å². The third kappa shape index (κ3) is 14.3. The van der Waals surface area contributed by atoms with E-state index in [1.807, 2.05) is 0 Å². The Labute approximate surface area is 105 Å². The minimum Gasteiger partial charge on any atom is -0.316 e. The van der Waals surface area contributed by atoms with Crippen molar-refractivity contribution in [2.24, 2.45) is 0 Å². The van der Waals surface area contributed by atoms with Gasteiger partial charge in [0.15, 0.2) is 0 Å². The number of unbranched alkanes of at least 4 members (excludes halogenated alkanes) is 3. The smallest absolute Gasteiger partial charge is 0.148 e. The van der Waals surface area contributed by atoms with Crippen molar-refractivity contribution < 1.29 is 8.42 Å². The Hall–Kier alpha value is 0.260. The normalized spacial score (nSPS) is 11.9. The number of sulfone groups is 1. The van der Waals surface area contributed by atoms with E-state index in [-0.39, 0.29) is 0 Å². The summed E-state index contributed by atoms with van der Waals surface area (Å²) in [5, 5.41) is 3.37. The fraction of sp³-hybridized carbons (Fsp3) is 1.00. The minimum absolute atomic E-state index is 0.300. The zero-order valence-electron chi connectivity index (χ0n) is 10.5. The van der Waals surface area contributed by atoms with Gasteiger partial charge < -0.3 is 5.32 Å². The molecule has 0 saturated carbocycles. The predicted molar refractivity (Wildman–Crippen MR) is 74.0 cm³/mol. The van der Waals surface area contributed by atoms with Crippen LogP contribution in [-0.4, -0.2) is 45.0 Å². The lowest BCUT2D eigenvalue weighted by Crippen LogP contribution is -2.19. The van der Waals surface area contributed by atoms with Gasteiger partial charge in [0, 0.05) is 24.3 Å². The summed E-state index contributed by atoms with van der Waals surface area (Å²) in [6, 6.07) is 0. The van der Waals surface area contributed by atoms with Crippen LogP contribution in [0, 0.1) is 0 Å². The summed E-state index contributed by atoms with van der Waals surface area (Å²) in [4.78, 5) is 0. The molecule has 0 aliphatic heterocycles. The topological polar surface area (TPSA) is 46.2 Å². The van der Waals surface area contributed by atoms with Crippen LogP contribution >= 0.6 is 11.8 Å². The van der Waals surface area contributed by atoms with Crippen molar-refractivity contribution in [1.29, 1.82) is 0 Å². The Bertz CT molecular complexity index is 240. The van der Waals surface area contributed by atoms with E-state index >= 15 is 0 Å². The molecule has 0 aromatic rings. The minimum atomic E-state index is -2.77. The van der Waals surface area contributed by atoms with Crippen molar-refractivity contribution in [3.63, 3.8) is 0 Å². The lowest BCUT2D eigenvalue weighted by Gasteiger charge is -2.04. The van der Waals surface area contributed by atoms with Crippen molar-refractivity contribution in [2.75, 3.05) is 36.6 Å². The highest BCUT2D eigenvalue weighted by Gasteiger charge is 2.00. The van der Waals surface area contributed by atoms with Crippen molar-refractivity contribution in [1.82, 2.24) is 5.32 Å². The van der Waals surface area contributed by atoms with Crippen LogP contribution in [0.4, 0.5) is 0 Å². The fourth-order valence-corrected chi connectivity index (χ4v) is 3.43. The second kappa shape index (κ2) is 10.4. The van der Waals surface area contributed by atoms with Gasteiger partial charge in [-0.2, -0.15) is 11.8 Å². The van der Waals surface area contributed by atoms with Crippen LogP contribution in [0.2, 0.25) is 0 Å². The standard InChI is InChI=1S/C11H25NO2S2/c1-3-4-5-6-7-12-8-9-15-10-11-16(2,13)14/h12H,3-11H2,1-2H3. The van der Waals surface area contributed by atoms with Crippen LogP contribution < -0.4 is 5.32 Å². The van der Waals surface area contributed by atoms with Crippen molar-refractivity contribution >= 4 is 21.6 Å². The lowest BCUT2D eigenvalue weighted by molar-refractivity contribution is 0.603. The first-order chi connectivity index (χ1) is 7.56. The molecule has 0 bridgehead atoms.